The Labute approximate surface area is 82.3 Å². The minimum Gasteiger partial charge on any atom is -0.387 e. The van der Waals surface area contributed by atoms with Crippen LogP contribution in [0.5, 0.6) is 0 Å². The van der Waals surface area contributed by atoms with Crippen LogP contribution >= 0.6 is 15.9 Å². The number of hydrogen-bond donors (Lipinski definition) is 1. The maximum absolute atomic E-state index is 9.67. The van der Waals surface area contributed by atoms with Crippen LogP contribution in [-0.2, 0) is 0 Å². The third-order valence-electron chi connectivity index (χ3n) is 2.18. The molecule has 2 atom stereocenters. The number of alkyl halides is 1. The Balaban J connectivity index is 2.57. The lowest BCUT2D eigenvalue weighted by molar-refractivity contribution is 0.188. The zero-order chi connectivity index (χ0) is 9.03. The van der Waals surface area contributed by atoms with Crippen molar-refractivity contribution in [3.05, 3.63) is 24.3 Å². The van der Waals surface area contributed by atoms with Crippen LogP contribution in [0, 0.1) is 0 Å². The van der Waals surface area contributed by atoms with Gasteiger partial charge < -0.3 is 5.11 Å². The molecule has 0 aliphatic heterocycles. The van der Waals surface area contributed by atoms with Crippen molar-refractivity contribution < 1.29 is 5.11 Å². The van der Waals surface area contributed by atoms with Gasteiger partial charge in [-0.1, -0.05) is 60.0 Å². The van der Waals surface area contributed by atoms with Gasteiger partial charge >= 0.3 is 0 Å². The first-order valence-corrected chi connectivity index (χ1v) is 5.21. The first-order valence-electron chi connectivity index (χ1n) is 4.42. The highest BCUT2D eigenvalue weighted by Crippen LogP contribution is 2.33. The minimum absolute atomic E-state index is 0.211. The van der Waals surface area contributed by atoms with E-state index in [2.05, 4.69) is 22.9 Å². The summed E-state index contributed by atoms with van der Waals surface area (Å²) in [7, 11) is 0. The van der Waals surface area contributed by atoms with Crippen LogP contribution in [0.4, 0.5) is 0 Å². The summed E-state index contributed by atoms with van der Waals surface area (Å²) >= 11 is 3.57. The van der Waals surface area contributed by atoms with Gasteiger partial charge in [0.2, 0.25) is 0 Å². The van der Waals surface area contributed by atoms with Crippen LogP contribution in [0.1, 0.15) is 26.2 Å². The molecule has 68 valence electrons. The first-order chi connectivity index (χ1) is 5.69. The quantitative estimate of drug-likeness (QED) is 0.740. The molecular formula is C10H15BrO. The summed E-state index contributed by atoms with van der Waals surface area (Å²) in [5, 5.41) is 9.67. The highest BCUT2D eigenvalue weighted by atomic mass is 79.9. The summed E-state index contributed by atoms with van der Waals surface area (Å²) in [5.41, 5.74) is 0. The van der Waals surface area contributed by atoms with E-state index in [1.807, 2.05) is 24.3 Å². The second kappa shape index (κ2) is 4.24. The Morgan fingerprint density at radius 1 is 1.50 bits per heavy atom. The van der Waals surface area contributed by atoms with Crippen molar-refractivity contribution >= 4 is 15.9 Å². The van der Waals surface area contributed by atoms with E-state index in [-0.39, 0.29) is 10.4 Å². The van der Waals surface area contributed by atoms with Gasteiger partial charge in [0, 0.05) is 0 Å². The first kappa shape index (κ1) is 10.0. The Kier molecular flexibility index (Phi) is 3.53. The van der Waals surface area contributed by atoms with Crippen molar-refractivity contribution in [1.82, 2.24) is 0 Å². The lowest BCUT2D eigenvalue weighted by Crippen LogP contribution is -2.33. The number of hydrogen-bond acceptors (Lipinski definition) is 1. The molecule has 0 fully saturated rings. The second-order valence-corrected chi connectivity index (χ2v) is 4.70. The van der Waals surface area contributed by atoms with Crippen molar-refractivity contribution in [2.24, 2.45) is 0 Å². The van der Waals surface area contributed by atoms with Gasteiger partial charge in [-0.15, -0.1) is 0 Å². The molecular weight excluding hydrogens is 216 g/mol. The van der Waals surface area contributed by atoms with Gasteiger partial charge in [0.05, 0.1) is 10.4 Å². The molecule has 0 aromatic rings. The molecule has 0 amide bonds. The zero-order valence-corrected chi connectivity index (χ0v) is 8.92. The molecule has 0 spiro atoms. The number of rotatable bonds is 3. The van der Waals surface area contributed by atoms with E-state index in [0.717, 1.165) is 19.3 Å². The average Bonchev–Trinajstić information content (AvgIpc) is 2.07. The maximum atomic E-state index is 9.67. The van der Waals surface area contributed by atoms with Crippen molar-refractivity contribution in [2.45, 2.75) is 36.6 Å². The molecule has 0 aromatic heterocycles. The lowest BCUT2D eigenvalue weighted by Gasteiger charge is -2.29. The fraction of sp³-hybridized carbons (Fsp3) is 0.600. The van der Waals surface area contributed by atoms with E-state index in [4.69, 9.17) is 0 Å². The van der Waals surface area contributed by atoms with Crippen LogP contribution in [0.3, 0.4) is 0 Å². The molecule has 1 N–H and O–H groups in total. The predicted molar refractivity (Wildman–Crippen MR) is 55.5 cm³/mol. The molecule has 0 aromatic carbocycles. The Bertz CT molecular complexity index is 198. The number of halogens is 1. The van der Waals surface area contributed by atoms with Gasteiger partial charge in [-0.05, 0) is 6.42 Å². The predicted octanol–water partition coefficient (Wildman–Crippen LogP) is 2.80. The zero-order valence-electron chi connectivity index (χ0n) is 7.33. The summed E-state index contributed by atoms with van der Waals surface area (Å²) in [5.74, 6) is 0. The number of aliphatic hydroxyl groups is 1. The van der Waals surface area contributed by atoms with Crippen LogP contribution < -0.4 is 0 Å². The fourth-order valence-electron chi connectivity index (χ4n) is 1.32. The van der Waals surface area contributed by atoms with Crippen molar-refractivity contribution in [3.63, 3.8) is 0 Å². The SMILES string of the molecule is CCCCC1(Br)C=CC=CC1O. The Morgan fingerprint density at radius 3 is 2.83 bits per heavy atom. The molecule has 0 heterocycles. The van der Waals surface area contributed by atoms with E-state index in [9.17, 15) is 5.11 Å². The van der Waals surface area contributed by atoms with Crippen molar-refractivity contribution in [1.29, 1.82) is 0 Å². The van der Waals surface area contributed by atoms with E-state index in [0.29, 0.717) is 0 Å². The van der Waals surface area contributed by atoms with Crippen LogP contribution in [0.25, 0.3) is 0 Å². The third kappa shape index (κ3) is 2.20. The summed E-state index contributed by atoms with van der Waals surface area (Å²) in [4.78, 5) is 0. The smallest absolute Gasteiger partial charge is 0.0912 e. The second-order valence-electron chi connectivity index (χ2n) is 3.22. The van der Waals surface area contributed by atoms with Crippen molar-refractivity contribution in [2.75, 3.05) is 0 Å². The standard InChI is InChI=1S/C10H15BrO/c1-2-3-7-10(11)8-5-4-6-9(10)12/h4-6,8-9,12H,2-3,7H2,1H3. The summed E-state index contributed by atoms with van der Waals surface area (Å²) in [6.07, 6.45) is 10.6. The number of allylic oxidation sites excluding steroid dienone is 2. The summed E-state index contributed by atoms with van der Waals surface area (Å²) < 4.78 is -0.211. The van der Waals surface area contributed by atoms with E-state index in [1.165, 1.54) is 0 Å². The monoisotopic (exact) mass is 230 g/mol. The molecule has 2 unspecified atom stereocenters. The van der Waals surface area contributed by atoms with E-state index < -0.39 is 0 Å². The van der Waals surface area contributed by atoms with Crippen LogP contribution in [0.2, 0.25) is 0 Å². The molecule has 0 saturated heterocycles. The van der Waals surface area contributed by atoms with E-state index in [1.54, 1.807) is 0 Å². The minimum atomic E-state index is -0.381. The van der Waals surface area contributed by atoms with Gasteiger partial charge in [-0.2, -0.15) is 0 Å². The molecule has 1 rings (SSSR count). The maximum Gasteiger partial charge on any atom is 0.0912 e. The Morgan fingerprint density at radius 2 is 2.25 bits per heavy atom. The molecule has 0 radical (unpaired) electrons. The van der Waals surface area contributed by atoms with Gasteiger partial charge in [0.25, 0.3) is 0 Å². The normalized spacial score (nSPS) is 34.1. The molecule has 0 saturated carbocycles. The highest BCUT2D eigenvalue weighted by Gasteiger charge is 2.31. The Hall–Kier alpha value is -0.0800. The van der Waals surface area contributed by atoms with Gasteiger partial charge in [-0.25, -0.2) is 0 Å². The number of aliphatic hydroxyl groups excluding tert-OH is 1. The van der Waals surface area contributed by atoms with E-state index >= 15 is 0 Å². The average molecular weight is 231 g/mol. The van der Waals surface area contributed by atoms with Crippen LogP contribution in [-0.4, -0.2) is 15.5 Å². The summed E-state index contributed by atoms with van der Waals surface area (Å²) in [6, 6.07) is 0. The molecule has 1 nitrogen and oxygen atoms in total. The van der Waals surface area contributed by atoms with Gasteiger partial charge in [0.1, 0.15) is 0 Å². The molecule has 1 aliphatic rings. The molecule has 2 heteroatoms. The molecule has 0 bridgehead atoms. The fourth-order valence-corrected chi connectivity index (χ4v) is 1.91. The molecule has 12 heavy (non-hydrogen) atoms. The topological polar surface area (TPSA) is 20.2 Å². The largest absolute Gasteiger partial charge is 0.387 e. The van der Waals surface area contributed by atoms with Crippen LogP contribution in [0.15, 0.2) is 24.3 Å². The highest BCUT2D eigenvalue weighted by molar-refractivity contribution is 9.10. The van der Waals surface area contributed by atoms with Crippen molar-refractivity contribution in [3.8, 4) is 0 Å². The lowest BCUT2D eigenvalue weighted by atomic mass is 9.92. The third-order valence-corrected chi connectivity index (χ3v) is 3.31. The molecule has 1 aliphatic carbocycles. The summed E-state index contributed by atoms with van der Waals surface area (Å²) in [6.45, 7) is 2.16. The van der Waals surface area contributed by atoms with Gasteiger partial charge in [-0.3, -0.25) is 0 Å². The number of unbranched alkanes of at least 4 members (excludes halogenated alkanes) is 1. The van der Waals surface area contributed by atoms with Gasteiger partial charge in [0.15, 0.2) is 0 Å².